The van der Waals surface area contributed by atoms with Crippen LogP contribution >= 0.6 is 0 Å². The lowest BCUT2D eigenvalue weighted by Gasteiger charge is -2.13. The van der Waals surface area contributed by atoms with Gasteiger partial charge in [0.25, 0.3) is 0 Å². The van der Waals surface area contributed by atoms with E-state index in [-0.39, 0.29) is 18.4 Å². The topological polar surface area (TPSA) is 70.2 Å². The third-order valence-corrected chi connectivity index (χ3v) is 3.79. The van der Waals surface area contributed by atoms with Gasteiger partial charge in [0.15, 0.2) is 0 Å². The molecule has 0 spiro atoms. The van der Waals surface area contributed by atoms with E-state index < -0.39 is 0 Å². The molecule has 0 radical (unpaired) electrons. The Morgan fingerprint density at radius 1 is 1.17 bits per heavy atom. The zero-order valence-electron chi connectivity index (χ0n) is 13.7. The lowest BCUT2D eigenvalue weighted by atomic mass is 9.97. The molecule has 0 heterocycles. The van der Waals surface area contributed by atoms with E-state index in [9.17, 15) is 9.59 Å². The lowest BCUT2D eigenvalue weighted by molar-refractivity contribution is -0.119. The fourth-order valence-corrected chi connectivity index (χ4v) is 2.65. The van der Waals surface area contributed by atoms with E-state index in [4.69, 9.17) is 0 Å². The highest BCUT2D eigenvalue weighted by Gasteiger charge is 2.05. The van der Waals surface area contributed by atoms with Crippen LogP contribution in [0, 0.1) is 0 Å². The molecular weight excluding hydrogens is 290 g/mol. The van der Waals surface area contributed by atoms with E-state index >= 15 is 0 Å². The van der Waals surface area contributed by atoms with Gasteiger partial charge in [0.2, 0.25) is 11.8 Å². The Kier molecular flexibility index (Phi) is 6.66. The number of nitrogens with one attached hydrogen (secondary N) is 3. The number of carbonyl (C=O) groups excluding carboxylic acids is 2. The van der Waals surface area contributed by atoms with Gasteiger partial charge in [0, 0.05) is 24.8 Å². The number of benzene rings is 1. The van der Waals surface area contributed by atoms with E-state index in [0.717, 1.165) is 12.1 Å². The average Bonchev–Trinajstić information content (AvgIpc) is 2.54. The molecule has 0 bridgehead atoms. The highest BCUT2D eigenvalue weighted by molar-refractivity contribution is 5.89. The van der Waals surface area contributed by atoms with Gasteiger partial charge in [-0.3, -0.25) is 9.59 Å². The maximum atomic E-state index is 11.9. The number of allylic oxidation sites excluding steroid dienone is 1. The van der Waals surface area contributed by atoms with Crippen LogP contribution in [-0.2, 0) is 9.59 Å². The van der Waals surface area contributed by atoms with E-state index in [1.807, 2.05) is 24.3 Å². The molecule has 3 N–H and O–H groups in total. The van der Waals surface area contributed by atoms with E-state index in [0.29, 0.717) is 12.2 Å². The van der Waals surface area contributed by atoms with Crippen LogP contribution in [0.15, 0.2) is 35.9 Å². The summed E-state index contributed by atoms with van der Waals surface area (Å²) in [6.45, 7) is 2.39. The molecule has 5 nitrogen and oxygen atoms in total. The highest BCUT2D eigenvalue weighted by atomic mass is 16.2. The molecule has 0 fully saturated rings. The van der Waals surface area contributed by atoms with Crippen molar-refractivity contribution in [3.8, 4) is 0 Å². The van der Waals surface area contributed by atoms with E-state index in [1.54, 1.807) is 0 Å². The molecule has 0 unspecified atom stereocenters. The van der Waals surface area contributed by atoms with Crippen molar-refractivity contribution in [1.29, 1.82) is 0 Å². The normalized spacial score (nSPS) is 13.9. The summed E-state index contributed by atoms with van der Waals surface area (Å²) >= 11 is 0. The van der Waals surface area contributed by atoms with Gasteiger partial charge in [-0.05, 0) is 50.3 Å². The van der Waals surface area contributed by atoms with Crippen LogP contribution in [0.4, 0.5) is 11.4 Å². The van der Waals surface area contributed by atoms with Crippen LogP contribution in [-0.4, -0.2) is 24.9 Å². The monoisotopic (exact) mass is 315 g/mol. The predicted molar refractivity (Wildman–Crippen MR) is 93.4 cm³/mol. The van der Waals surface area contributed by atoms with Crippen LogP contribution in [0.3, 0.4) is 0 Å². The first-order chi connectivity index (χ1) is 11.1. The largest absolute Gasteiger partial charge is 0.376 e. The molecule has 1 aliphatic rings. The Morgan fingerprint density at radius 2 is 2.00 bits per heavy atom. The zero-order valence-corrected chi connectivity index (χ0v) is 13.7. The second-order valence-electron chi connectivity index (χ2n) is 5.82. The van der Waals surface area contributed by atoms with E-state index in [2.05, 4.69) is 22.0 Å². The zero-order chi connectivity index (χ0) is 16.5. The molecule has 124 valence electrons. The summed E-state index contributed by atoms with van der Waals surface area (Å²) in [7, 11) is 0. The summed E-state index contributed by atoms with van der Waals surface area (Å²) in [4.78, 5) is 22.9. The van der Waals surface area contributed by atoms with Crippen LogP contribution in [0.25, 0.3) is 0 Å². The van der Waals surface area contributed by atoms with Crippen molar-refractivity contribution in [3.63, 3.8) is 0 Å². The quantitative estimate of drug-likeness (QED) is 0.677. The Hall–Kier alpha value is -2.30. The predicted octanol–water partition coefficient (Wildman–Crippen LogP) is 3.06. The van der Waals surface area contributed by atoms with E-state index in [1.165, 1.54) is 38.2 Å². The molecule has 5 heteroatoms. The van der Waals surface area contributed by atoms with Gasteiger partial charge >= 0.3 is 0 Å². The Balaban J connectivity index is 1.69. The first-order valence-electron chi connectivity index (χ1n) is 8.19. The van der Waals surface area contributed by atoms with Crippen LogP contribution in [0.2, 0.25) is 0 Å². The molecule has 0 aromatic heterocycles. The summed E-state index contributed by atoms with van der Waals surface area (Å²) in [6, 6.07) is 7.32. The number of hydrogen-bond acceptors (Lipinski definition) is 3. The molecule has 0 aliphatic heterocycles. The standard InChI is InChI=1S/C18H25N3O2/c1-14(22)21-17-9-5-8-16(12-17)20-13-18(23)19-11-10-15-6-3-2-4-7-15/h5-6,8-9,12,20H,2-4,7,10-11,13H2,1H3,(H,19,23)(H,21,22). The summed E-state index contributed by atoms with van der Waals surface area (Å²) in [5.74, 6) is -0.136. The second-order valence-corrected chi connectivity index (χ2v) is 5.82. The van der Waals surface area contributed by atoms with Gasteiger partial charge in [-0.1, -0.05) is 17.7 Å². The van der Waals surface area contributed by atoms with Crippen molar-refractivity contribution < 1.29 is 9.59 Å². The van der Waals surface area contributed by atoms with Gasteiger partial charge in [-0.2, -0.15) is 0 Å². The van der Waals surface area contributed by atoms with Crippen molar-refractivity contribution in [3.05, 3.63) is 35.9 Å². The first-order valence-corrected chi connectivity index (χ1v) is 8.19. The van der Waals surface area contributed by atoms with Crippen molar-refractivity contribution in [2.24, 2.45) is 0 Å². The maximum Gasteiger partial charge on any atom is 0.239 e. The van der Waals surface area contributed by atoms with Crippen molar-refractivity contribution in [2.75, 3.05) is 23.7 Å². The smallest absolute Gasteiger partial charge is 0.239 e. The Labute approximate surface area is 137 Å². The first kappa shape index (κ1) is 17.1. The molecule has 23 heavy (non-hydrogen) atoms. The second kappa shape index (κ2) is 8.98. The van der Waals surface area contributed by atoms with Crippen molar-refractivity contribution in [1.82, 2.24) is 5.32 Å². The fourth-order valence-electron chi connectivity index (χ4n) is 2.65. The Bertz CT molecular complexity index is 581. The highest BCUT2D eigenvalue weighted by Crippen LogP contribution is 2.19. The molecule has 2 rings (SSSR count). The minimum Gasteiger partial charge on any atom is -0.376 e. The number of carbonyl (C=O) groups is 2. The molecule has 0 atom stereocenters. The van der Waals surface area contributed by atoms with Gasteiger partial charge in [0.05, 0.1) is 6.54 Å². The van der Waals surface area contributed by atoms with Gasteiger partial charge in [-0.15, -0.1) is 0 Å². The molecular formula is C18H25N3O2. The molecule has 1 aromatic carbocycles. The summed E-state index contributed by atoms with van der Waals surface area (Å²) in [5.41, 5.74) is 2.99. The molecule has 2 amide bonds. The average molecular weight is 315 g/mol. The Morgan fingerprint density at radius 3 is 2.74 bits per heavy atom. The lowest BCUT2D eigenvalue weighted by Crippen LogP contribution is -2.30. The van der Waals surface area contributed by atoms with Crippen LogP contribution in [0.5, 0.6) is 0 Å². The molecule has 0 saturated heterocycles. The molecule has 1 aromatic rings. The van der Waals surface area contributed by atoms with Crippen LogP contribution in [0.1, 0.15) is 39.0 Å². The SMILES string of the molecule is CC(=O)Nc1cccc(NCC(=O)NCCC2=CCCCC2)c1. The van der Waals surface area contributed by atoms with Gasteiger partial charge in [0.1, 0.15) is 0 Å². The van der Waals surface area contributed by atoms with Gasteiger partial charge in [-0.25, -0.2) is 0 Å². The third kappa shape index (κ3) is 6.55. The van der Waals surface area contributed by atoms with Crippen molar-refractivity contribution in [2.45, 2.75) is 39.0 Å². The summed E-state index contributed by atoms with van der Waals surface area (Å²) in [5, 5.41) is 8.72. The number of rotatable bonds is 7. The summed E-state index contributed by atoms with van der Waals surface area (Å²) < 4.78 is 0. The molecule has 0 saturated carbocycles. The molecule has 1 aliphatic carbocycles. The summed E-state index contributed by atoms with van der Waals surface area (Å²) in [6.07, 6.45) is 8.16. The minimum absolute atomic E-state index is 0.0219. The van der Waals surface area contributed by atoms with Crippen molar-refractivity contribution >= 4 is 23.2 Å². The van der Waals surface area contributed by atoms with Gasteiger partial charge < -0.3 is 16.0 Å². The maximum absolute atomic E-state index is 11.9. The number of anilines is 2. The minimum atomic E-state index is -0.114. The number of amides is 2. The van der Waals surface area contributed by atoms with Crippen LogP contribution < -0.4 is 16.0 Å². The fraction of sp³-hybridized carbons (Fsp3) is 0.444. The third-order valence-electron chi connectivity index (χ3n) is 3.79. The number of hydrogen-bond donors (Lipinski definition) is 3.